The summed E-state index contributed by atoms with van der Waals surface area (Å²) >= 11 is 9.15. The summed E-state index contributed by atoms with van der Waals surface area (Å²) < 4.78 is 0.915. The molecule has 0 unspecified atom stereocenters. The monoisotopic (exact) mass is 365 g/mol. The molecule has 2 rings (SSSR count). The van der Waals surface area contributed by atoms with Gasteiger partial charge in [-0.15, -0.1) is 0 Å². The third-order valence-electron chi connectivity index (χ3n) is 2.85. The van der Waals surface area contributed by atoms with Crippen LogP contribution in [0.5, 0.6) is 0 Å². The van der Waals surface area contributed by atoms with E-state index in [0.717, 1.165) is 4.47 Å². The van der Waals surface area contributed by atoms with Crippen molar-refractivity contribution in [2.75, 3.05) is 5.32 Å². The number of carbonyl (C=O) groups is 2. The Morgan fingerprint density at radius 3 is 2.43 bits per heavy atom. The van der Waals surface area contributed by atoms with Gasteiger partial charge in [0.1, 0.15) is 0 Å². The van der Waals surface area contributed by atoms with E-state index in [1.807, 2.05) is 0 Å². The van der Waals surface area contributed by atoms with E-state index in [1.54, 1.807) is 48.5 Å². The van der Waals surface area contributed by atoms with Crippen molar-refractivity contribution in [2.24, 2.45) is 0 Å². The fourth-order valence-corrected chi connectivity index (χ4v) is 2.25. The number of amides is 1. The van der Waals surface area contributed by atoms with Gasteiger partial charge in [-0.25, -0.2) is 0 Å². The van der Waals surface area contributed by atoms with Crippen molar-refractivity contribution in [3.05, 3.63) is 63.6 Å². The van der Waals surface area contributed by atoms with Crippen molar-refractivity contribution in [2.45, 2.75) is 12.8 Å². The third kappa shape index (κ3) is 4.99. The van der Waals surface area contributed by atoms with Gasteiger partial charge in [0.05, 0.1) is 0 Å². The standard InChI is InChI=1S/C16H13BrClNO2/c17-12-6-4-11(5-7-12)15(20)8-9-16(21)19-14-3-1-2-13(18)10-14/h1-7,10H,8-9H2,(H,19,21). The Morgan fingerprint density at radius 2 is 1.76 bits per heavy atom. The molecule has 0 saturated carbocycles. The molecule has 0 radical (unpaired) electrons. The highest BCUT2D eigenvalue weighted by atomic mass is 79.9. The number of nitrogens with one attached hydrogen (secondary N) is 1. The van der Waals surface area contributed by atoms with Crippen LogP contribution in [0.4, 0.5) is 5.69 Å². The Morgan fingerprint density at radius 1 is 1.05 bits per heavy atom. The van der Waals surface area contributed by atoms with Crippen LogP contribution < -0.4 is 5.32 Å². The first-order valence-corrected chi connectivity index (χ1v) is 7.56. The number of anilines is 1. The molecule has 0 aliphatic heterocycles. The summed E-state index contributed by atoms with van der Waals surface area (Å²) in [5, 5.41) is 3.27. The van der Waals surface area contributed by atoms with Gasteiger partial charge >= 0.3 is 0 Å². The molecule has 0 fully saturated rings. The zero-order chi connectivity index (χ0) is 15.2. The minimum Gasteiger partial charge on any atom is -0.326 e. The topological polar surface area (TPSA) is 46.2 Å². The van der Waals surface area contributed by atoms with Crippen molar-refractivity contribution in [3.8, 4) is 0 Å². The molecule has 0 aliphatic rings. The summed E-state index contributed by atoms with van der Waals surface area (Å²) in [6.45, 7) is 0. The SMILES string of the molecule is O=C(CCC(=O)c1ccc(Br)cc1)Nc1cccc(Cl)c1. The molecule has 0 heterocycles. The average Bonchev–Trinajstić information content (AvgIpc) is 2.45. The molecule has 0 spiro atoms. The van der Waals surface area contributed by atoms with Gasteiger partial charge < -0.3 is 5.32 Å². The zero-order valence-corrected chi connectivity index (χ0v) is 13.4. The summed E-state index contributed by atoms with van der Waals surface area (Å²) in [4.78, 5) is 23.8. The smallest absolute Gasteiger partial charge is 0.224 e. The van der Waals surface area contributed by atoms with Gasteiger partial charge in [0, 0.05) is 33.6 Å². The van der Waals surface area contributed by atoms with Crippen LogP contribution in [0.1, 0.15) is 23.2 Å². The Labute approximate surface area is 136 Å². The van der Waals surface area contributed by atoms with Gasteiger partial charge in [-0.05, 0) is 30.3 Å². The molecule has 0 atom stereocenters. The molecule has 1 amide bonds. The summed E-state index contributed by atoms with van der Waals surface area (Å²) in [6.07, 6.45) is 0.315. The lowest BCUT2D eigenvalue weighted by atomic mass is 10.1. The average molecular weight is 367 g/mol. The summed E-state index contributed by atoms with van der Waals surface area (Å²) in [5.41, 5.74) is 1.23. The maximum absolute atomic E-state index is 12.0. The lowest BCUT2D eigenvalue weighted by Crippen LogP contribution is -2.13. The molecule has 2 aromatic carbocycles. The van der Waals surface area contributed by atoms with Crippen molar-refractivity contribution in [1.82, 2.24) is 0 Å². The van der Waals surface area contributed by atoms with Crippen LogP contribution in [-0.4, -0.2) is 11.7 Å². The molecule has 0 aliphatic carbocycles. The first-order valence-electron chi connectivity index (χ1n) is 6.39. The lowest BCUT2D eigenvalue weighted by Gasteiger charge is -2.05. The van der Waals surface area contributed by atoms with E-state index in [4.69, 9.17) is 11.6 Å². The van der Waals surface area contributed by atoms with Crippen LogP contribution in [0.3, 0.4) is 0 Å². The lowest BCUT2D eigenvalue weighted by molar-refractivity contribution is -0.116. The number of benzene rings is 2. The van der Waals surface area contributed by atoms with Gasteiger partial charge in [-0.2, -0.15) is 0 Å². The Kier molecular flexibility index (Phi) is 5.53. The largest absolute Gasteiger partial charge is 0.326 e. The predicted molar refractivity (Wildman–Crippen MR) is 87.8 cm³/mol. The molecular weight excluding hydrogens is 354 g/mol. The molecular formula is C16H13BrClNO2. The highest BCUT2D eigenvalue weighted by Gasteiger charge is 2.09. The van der Waals surface area contributed by atoms with Crippen molar-refractivity contribution >= 4 is 44.9 Å². The van der Waals surface area contributed by atoms with Crippen molar-refractivity contribution in [1.29, 1.82) is 0 Å². The van der Waals surface area contributed by atoms with E-state index in [-0.39, 0.29) is 24.5 Å². The summed E-state index contributed by atoms with van der Waals surface area (Å²) in [5.74, 6) is -0.258. The van der Waals surface area contributed by atoms with Gasteiger partial charge in [0.25, 0.3) is 0 Å². The first kappa shape index (κ1) is 15.7. The quantitative estimate of drug-likeness (QED) is 0.779. The summed E-state index contributed by atoms with van der Waals surface area (Å²) in [7, 11) is 0. The maximum Gasteiger partial charge on any atom is 0.224 e. The van der Waals surface area contributed by atoms with Crippen LogP contribution in [0.15, 0.2) is 53.0 Å². The number of carbonyl (C=O) groups excluding carboxylic acids is 2. The number of ketones is 1. The van der Waals surface area contributed by atoms with Gasteiger partial charge in [-0.1, -0.05) is 45.7 Å². The maximum atomic E-state index is 12.0. The van der Waals surface area contributed by atoms with Gasteiger partial charge in [-0.3, -0.25) is 9.59 Å². The summed E-state index contributed by atoms with van der Waals surface area (Å²) in [6, 6.07) is 14.0. The number of Topliss-reactive ketones (excluding diaryl/α,β-unsaturated/α-hetero) is 1. The fraction of sp³-hybridized carbons (Fsp3) is 0.125. The molecule has 2 aromatic rings. The number of halogens is 2. The highest BCUT2D eigenvalue weighted by molar-refractivity contribution is 9.10. The number of hydrogen-bond acceptors (Lipinski definition) is 2. The minimum atomic E-state index is -0.206. The van der Waals surface area contributed by atoms with E-state index in [2.05, 4.69) is 21.2 Å². The van der Waals surface area contributed by atoms with Crippen molar-refractivity contribution in [3.63, 3.8) is 0 Å². The van der Waals surface area contributed by atoms with Gasteiger partial charge in [0.2, 0.25) is 5.91 Å². The first-order chi connectivity index (χ1) is 10.0. The Bertz CT molecular complexity index is 656. The normalized spacial score (nSPS) is 10.2. The third-order valence-corrected chi connectivity index (χ3v) is 3.62. The Hall–Kier alpha value is -1.65. The molecule has 0 aromatic heterocycles. The van der Waals surface area contributed by atoms with E-state index in [1.165, 1.54) is 0 Å². The van der Waals surface area contributed by atoms with E-state index >= 15 is 0 Å². The van der Waals surface area contributed by atoms with Crippen LogP contribution >= 0.6 is 27.5 Å². The molecule has 21 heavy (non-hydrogen) atoms. The van der Waals surface area contributed by atoms with Crippen LogP contribution in [-0.2, 0) is 4.79 Å². The van der Waals surface area contributed by atoms with Crippen LogP contribution in [0.2, 0.25) is 5.02 Å². The second kappa shape index (κ2) is 7.38. The number of rotatable bonds is 5. The van der Waals surface area contributed by atoms with E-state index in [9.17, 15) is 9.59 Å². The fourth-order valence-electron chi connectivity index (χ4n) is 1.80. The second-order valence-corrected chi connectivity index (χ2v) is 5.84. The molecule has 3 nitrogen and oxygen atoms in total. The van der Waals surface area contributed by atoms with Crippen LogP contribution in [0.25, 0.3) is 0 Å². The molecule has 108 valence electrons. The predicted octanol–water partition coefficient (Wildman–Crippen LogP) is 4.70. The van der Waals surface area contributed by atoms with Crippen LogP contribution in [0, 0.1) is 0 Å². The molecule has 0 saturated heterocycles. The minimum absolute atomic E-state index is 0.0521. The molecule has 5 heteroatoms. The molecule has 0 bridgehead atoms. The Balaban J connectivity index is 1.86. The van der Waals surface area contributed by atoms with E-state index in [0.29, 0.717) is 16.3 Å². The van der Waals surface area contributed by atoms with Gasteiger partial charge in [0.15, 0.2) is 5.78 Å². The number of hydrogen-bond donors (Lipinski definition) is 1. The highest BCUT2D eigenvalue weighted by Crippen LogP contribution is 2.16. The zero-order valence-electron chi connectivity index (χ0n) is 11.1. The van der Waals surface area contributed by atoms with E-state index < -0.39 is 0 Å². The second-order valence-electron chi connectivity index (χ2n) is 4.49. The molecule has 1 N–H and O–H groups in total. The van der Waals surface area contributed by atoms with Crippen molar-refractivity contribution < 1.29 is 9.59 Å².